The SMILES string of the molecule is CC(=O)N[C@@H](COP(=O)(O)O)C(=O)N1CCC[C@H]1C(=O)N[C@@H](CC(C)C)C(=O)N[C@@H](Cc1ccccc1)C(N)=O. The predicted molar refractivity (Wildman–Crippen MR) is 143 cm³/mol. The number of likely N-dealkylation sites (tertiary alicyclic amines) is 1. The fourth-order valence-electron chi connectivity index (χ4n) is 4.41. The predicted octanol–water partition coefficient (Wildman–Crippen LogP) is -0.665. The lowest BCUT2D eigenvalue weighted by atomic mass is 10.0. The number of rotatable bonds is 14. The zero-order valence-corrected chi connectivity index (χ0v) is 23.6. The Hall–Kier alpha value is -3.32. The van der Waals surface area contributed by atoms with Crippen LogP contribution in [0, 0.1) is 5.92 Å². The van der Waals surface area contributed by atoms with Crippen LogP contribution in [0.2, 0.25) is 0 Å². The molecule has 14 nitrogen and oxygen atoms in total. The monoisotopic (exact) mass is 583 g/mol. The van der Waals surface area contributed by atoms with E-state index in [0.717, 1.165) is 12.5 Å². The van der Waals surface area contributed by atoms with Crippen LogP contribution in [0.25, 0.3) is 0 Å². The van der Waals surface area contributed by atoms with E-state index in [-0.39, 0.29) is 31.7 Å². The van der Waals surface area contributed by atoms with Crippen molar-refractivity contribution in [1.82, 2.24) is 20.9 Å². The van der Waals surface area contributed by atoms with Gasteiger partial charge in [0.1, 0.15) is 24.2 Å². The second-order valence-corrected chi connectivity index (χ2v) is 11.3. The van der Waals surface area contributed by atoms with Gasteiger partial charge in [0, 0.05) is 19.9 Å². The molecule has 7 N–H and O–H groups in total. The number of phosphoric ester groups is 1. The van der Waals surface area contributed by atoms with E-state index in [1.165, 1.54) is 4.90 Å². The van der Waals surface area contributed by atoms with Gasteiger partial charge in [0.25, 0.3) is 0 Å². The highest BCUT2D eigenvalue weighted by Gasteiger charge is 2.39. The fourth-order valence-corrected chi connectivity index (χ4v) is 4.75. The van der Waals surface area contributed by atoms with Gasteiger partial charge in [0.15, 0.2) is 0 Å². The lowest BCUT2D eigenvalue weighted by molar-refractivity contribution is -0.142. The van der Waals surface area contributed by atoms with E-state index < -0.39 is 68.1 Å². The van der Waals surface area contributed by atoms with Gasteiger partial charge in [0.05, 0.1) is 6.61 Å². The number of amides is 5. The van der Waals surface area contributed by atoms with Crippen molar-refractivity contribution in [3.05, 3.63) is 35.9 Å². The highest BCUT2D eigenvalue weighted by Crippen LogP contribution is 2.35. The van der Waals surface area contributed by atoms with Crippen LogP contribution in [0.3, 0.4) is 0 Å². The molecule has 0 bridgehead atoms. The molecule has 1 aliphatic heterocycles. The molecule has 1 saturated heterocycles. The normalized spacial score (nSPS) is 17.6. The molecule has 0 saturated carbocycles. The van der Waals surface area contributed by atoms with Crippen LogP contribution >= 0.6 is 7.82 Å². The Morgan fingerprint density at radius 2 is 1.70 bits per heavy atom. The van der Waals surface area contributed by atoms with E-state index in [1.807, 2.05) is 19.9 Å². The lowest BCUT2D eigenvalue weighted by Crippen LogP contribution is -2.58. The van der Waals surface area contributed by atoms with Gasteiger partial charge in [-0.15, -0.1) is 0 Å². The van der Waals surface area contributed by atoms with Crippen molar-refractivity contribution in [2.24, 2.45) is 11.7 Å². The highest BCUT2D eigenvalue weighted by atomic mass is 31.2. The molecule has 1 fully saturated rings. The number of carbonyl (C=O) groups is 5. The molecule has 0 unspecified atom stereocenters. The van der Waals surface area contributed by atoms with Gasteiger partial charge in [-0.25, -0.2) is 4.57 Å². The number of nitrogens with two attached hydrogens (primary N) is 1. The third-order valence-electron chi connectivity index (χ3n) is 6.21. The Kier molecular flexibility index (Phi) is 12.2. The maximum absolute atomic E-state index is 13.3. The van der Waals surface area contributed by atoms with E-state index in [1.54, 1.807) is 24.3 Å². The first-order valence-electron chi connectivity index (χ1n) is 12.9. The van der Waals surface area contributed by atoms with Crippen LogP contribution in [0.15, 0.2) is 30.3 Å². The van der Waals surface area contributed by atoms with E-state index in [4.69, 9.17) is 15.5 Å². The Bertz CT molecular complexity index is 1110. The number of hydrogen-bond donors (Lipinski definition) is 6. The topological polar surface area (TPSA) is 217 Å². The molecular formula is C25H38N5O9P. The molecule has 1 aliphatic rings. The molecule has 0 radical (unpaired) electrons. The first-order valence-corrected chi connectivity index (χ1v) is 14.4. The maximum Gasteiger partial charge on any atom is 0.469 e. The molecule has 40 heavy (non-hydrogen) atoms. The van der Waals surface area contributed by atoms with Gasteiger partial charge in [-0.3, -0.25) is 28.5 Å². The maximum atomic E-state index is 13.3. The summed E-state index contributed by atoms with van der Waals surface area (Å²) < 4.78 is 15.6. The molecule has 2 rings (SSSR count). The van der Waals surface area contributed by atoms with Gasteiger partial charge in [0.2, 0.25) is 29.5 Å². The zero-order chi connectivity index (χ0) is 30.0. The van der Waals surface area contributed by atoms with Crippen molar-refractivity contribution in [3.8, 4) is 0 Å². The summed E-state index contributed by atoms with van der Waals surface area (Å²) >= 11 is 0. The highest BCUT2D eigenvalue weighted by molar-refractivity contribution is 7.46. The first-order chi connectivity index (χ1) is 18.7. The number of carbonyl (C=O) groups excluding carboxylic acids is 5. The summed E-state index contributed by atoms with van der Waals surface area (Å²) in [7, 11) is -4.93. The van der Waals surface area contributed by atoms with Crippen molar-refractivity contribution < 1.29 is 42.8 Å². The van der Waals surface area contributed by atoms with Crippen molar-refractivity contribution in [2.45, 2.75) is 70.6 Å². The number of benzene rings is 1. The Morgan fingerprint density at radius 1 is 1.05 bits per heavy atom. The first kappa shape index (κ1) is 32.9. The van der Waals surface area contributed by atoms with E-state index in [0.29, 0.717) is 6.42 Å². The molecule has 15 heteroatoms. The summed E-state index contributed by atoms with van der Waals surface area (Å²) in [6.07, 6.45) is 1.10. The molecule has 1 aromatic rings. The number of nitrogens with zero attached hydrogens (tertiary/aromatic N) is 1. The van der Waals surface area contributed by atoms with Crippen LogP contribution in [0.5, 0.6) is 0 Å². The second-order valence-electron chi connectivity index (χ2n) is 10.1. The zero-order valence-electron chi connectivity index (χ0n) is 22.7. The summed E-state index contributed by atoms with van der Waals surface area (Å²) in [5, 5.41) is 7.59. The third kappa shape index (κ3) is 10.7. The third-order valence-corrected chi connectivity index (χ3v) is 6.69. The van der Waals surface area contributed by atoms with Gasteiger partial charge in [-0.05, 0) is 30.7 Å². The Morgan fingerprint density at radius 3 is 2.25 bits per heavy atom. The summed E-state index contributed by atoms with van der Waals surface area (Å²) in [4.78, 5) is 82.6. The molecule has 0 spiro atoms. The fraction of sp³-hybridized carbons (Fsp3) is 0.560. The van der Waals surface area contributed by atoms with Crippen molar-refractivity contribution in [2.75, 3.05) is 13.2 Å². The molecule has 4 atom stereocenters. The van der Waals surface area contributed by atoms with Crippen LogP contribution in [0.1, 0.15) is 45.6 Å². The average molecular weight is 584 g/mol. The van der Waals surface area contributed by atoms with Crippen molar-refractivity contribution >= 4 is 37.4 Å². The Balaban J connectivity index is 2.16. The molecule has 1 heterocycles. The number of primary amides is 1. The minimum atomic E-state index is -4.93. The summed E-state index contributed by atoms with van der Waals surface area (Å²) in [5.74, 6) is -3.39. The largest absolute Gasteiger partial charge is 0.469 e. The second kappa shape index (κ2) is 14.9. The summed E-state index contributed by atoms with van der Waals surface area (Å²) in [5.41, 5.74) is 6.31. The van der Waals surface area contributed by atoms with Crippen molar-refractivity contribution in [3.63, 3.8) is 0 Å². The van der Waals surface area contributed by atoms with Crippen LogP contribution < -0.4 is 21.7 Å². The average Bonchev–Trinajstić information content (AvgIpc) is 3.35. The van der Waals surface area contributed by atoms with Gasteiger partial charge in [-0.2, -0.15) is 0 Å². The molecule has 0 aliphatic carbocycles. The lowest BCUT2D eigenvalue weighted by Gasteiger charge is -2.30. The molecular weight excluding hydrogens is 545 g/mol. The van der Waals surface area contributed by atoms with Gasteiger partial charge < -0.3 is 36.4 Å². The minimum Gasteiger partial charge on any atom is -0.368 e. The number of phosphoric acid groups is 1. The van der Waals surface area contributed by atoms with Crippen molar-refractivity contribution in [1.29, 1.82) is 0 Å². The van der Waals surface area contributed by atoms with E-state index in [2.05, 4.69) is 20.5 Å². The number of nitrogens with one attached hydrogen (secondary N) is 3. The molecule has 0 aromatic heterocycles. The molecule has 222 valence electrons. The summed E-state index contributed by atoms with van der Waals surface area (Å²) in [6.45, 7) is 4.17. The smallest absolute Gasteiger partial charge is 0.368 e. The van der Waals surface area contributed by atoms with Gasteiger partial charge in [-0.1, -0.05) is 44.2 Å². The molecule has 5 amide bonds. The number of hydrogen-bond acceptors (Lipinski definition) is 7. The Labute approximate surface area is 232 Å². The molecule has 1 aromatic carbocycles. The standard InChI is InChI=1S/C25H38N5O9P/c1-15(2)12-19(23(33)28-18(22(26)32)13-17-8-5-4-6-9-17)29-24(34)21-10-7-11-30(21)25(35)20(27-16(3)31)14-39-40(36,37)38/h4-6,8-9,15,18-21H,7,10-14H2,1-3H3,(H2,26,32)(H,27,31)(H,28,33)(H,29,34)(H2,36,37,38)/t18-,19-,20-,21-/m0/s1. The van der Waals surface area contributed by atoms with E-state index >= 15 is 0 Å². The summed E-state index contributed by atoms with van der Waals surface area (Å²) in [6, 6.07) is 4.49. The van der Waals surface area contributed by atoms with E-state index in [9.17, 15) is 28.5 Å². The van der Waals surface area contributed by atoms with Crippen LogP contribution in [-0.2, 0) is 39.5 Å². The quantitative estimate of drug-likeness (QED) is 0.153. The van der Waals surface area contributed by atoms with Crippen LogP contribution in [0.4, 0.5) is 0 Å². The van der Waals surface area contributed by atoms with Crippen LogP contribution in [-0.4, -0.2) is 81.5 Å². The van der Waals surface area contributed by atoms with Gasteiger partial charge >= 0.3 is 7.82 Å². The minimum absolute atomic E-state index is 0.0209.